The van der Waals surface area contributed by atoms with Crippen LogP contribution in [0.15, 0.2) is 30.3 Å². The summed E-state index contributed by atoms with van der Waals surface area (Å²) in [6.07, 6.45) is 8.55. The zero-order valence-corrected chi connectivity index (χ0v) is 11.4. The molecule has 1 aromatic rings. The van der Waals surface area contributed by atoms with Crippen molar-refractivity contribution in [3.8, 4) is 0 Å². The Labute approximate surface area is 106 Å². The van der Waals surface area contributed by atoms with Crippen LogP contribution in [0.2, 0.25) is 0 Å². The predicted octanol–water partition coefficient (Wildman–Crippen LogP) is 5.40. The van der Waals surface area contributed by atoms with Crippen LogP contribution in [-0.4, -0.2) is 0 Å². The van der Waals surface area contributed by atoms with Gasteiger partial charge in [0, 0.05) is 0 Å². The van der Waals surface area contributed by atoms with Gasteiger partial charge in [0.05, 0.1) is 0 Å². The van der Waals surface area contributed by atoms with Crippen molar-refractivity contribution in [1.29, 1.82) is 0 Å². The fourth-order valence-corrected chi connectivity index (χ4v) is 3.49. The first-order valence-electron chi connectivity index (χ1n) is 7.38. The average Bonchev–Trinajstić information content (AvgIpc) is 2.41. The zero-order valence-electron chi connectivity index (χ0n) is 11.4. The number of rotatable bonds is 4. The maximum Gasteiger partial charge on any atom is -0.0108 e. The molecule has 0 heterocycles. The predicted molar refractivity (Wildman–Crippen MR) is 75.2 cm³/mol. The second-order valence-electron chi connectivity index (χ2n) is 5.72. The molecule has 0 spiro atoms. The van der Waals surface area contributed by atoms with E-state index in [0.717, 1.165) is 17.8 Å². The Kier molecular flexibility index (Phi) is 4.65. The number of hydrogen-bond donors (Lipinski definition) is 0. The van der Waals surface area contributed by atoms with Gasteiger partial charge in [0.2, 0.25) is 0 Å². The maximum atomic E-state index is 2.44. The molecule has 1 aliphatic carbocycles. The minimum atomic E-state index is 0.793. The highest BCUT2D eigenvalue weighted by atomic mass is 14.3. The molecule has 0 amide bonds. The summed E-state index contributed by atoms with van der Waals surface area (Å²) >= 11 is 0. The molecule has 0 radical (unpaired) electrons. The zero-order chi connectivity index (χ0) is 12.1. The summed E-state index contributed by atoms with van der Waals surface area (Å²) in [5.41, 5.74) is 1.58. The first-order chi connectivity index (χ1) is 8.33. The summed E-state index contributed by atoms with van der Waals surface area (Å²) in [5.74, 6) is 2.54. The third-order valence-corrected chi connectivity index (χ3v) is 4.60. The molecule has 1 saturated carbocycles. The average molecular weight is 230 g/mol. The summed E-state index contributed by atoms with van der Waals surface area (Å²) < 4.78 is 0. The molecule has 2 rings (SSSR count). The number of hydrogen-bond acceptors (Lipinski definition) is 0. The van der Waals surface area contributed by atoms with Crippen molar-refractivity contribution in [2.75, 3.05) is 0 Å². The summed E-state index contributed by atoms with van der Waals surface area (Å²) in [6, 6.07) is 11.2. The van der Waals surface area contributed by atoms with Crippen molar-refractivity contribution in [2.45, 2.75) is 58.3 Å². The normalized spacial score (nSPS) is 21.1. The molecule has 1 fully saturated rings. The molecule has 2 atom stereocenters. The maximum absolute atomic E-state index is 2.44. The van der Waals surface area contributed by atoms with E-state index in [2.05, 4.69) is 44.2 Å². The third-order valence-electron chi connectivity index (χ3n) is 4.60. The summed E-state index contributed by atoms with van der Waals surface area (Å²) in [6.45, 7) is 4.77. The van der Waals surface area contributed by atoms with Crippen LogP contribution in [0.3, 0.4) is 0 Å². The van der Waals surface area contributed by atoms with E-state index in [0.29, 0.717) is 0 Å². The van der Waals surface area contributed by atoms with Crippen molar-refractivity contribution in [3.63, 3.8) is 0 Å². The lowest BCUT2D eigenvalue weighted by molar-refractivity contribution is 0.247. The first kappa shape index (κ1) is 12.7. The smallest absolute Gasteiger partial charge is 0.0108 e. The van der Waals surface area contributed by atoms with Crippen molar-refractivity contribution >= 4 is 0 Å². The molecule has 0 N–H and O–H groups in total. The van der Waals surface area contributed by atoms with Crippen LogP contribution in [0, 0.1) is 11.8 Å². The Balaban J connectivity index is 2.18. The van der Waals surface area contributed by atoms with Crippen molar-refractivity contribution < 1.29 is 0 Å². The molecule has 0 saturated heterocycles. The molecule has 0 bridgehead atoms. The first-order valence-corrected chi connectivity index (χ1v) is 7.38. The molecule has 1 aliphatic rings. The van der Waals surface area contributed by atoms with Gasteiger partial charge in [-0.15, -0.1) is 0 Å². The van der Waals surface area contributed by atoms with Crippen molar-refractivity contribution in [1.82, 2.24) is 0 Å². The molecule has 0 nitrogen and oxygen atoms in total. The quantitative estimate of drug-likeness (QED) is 0.650. The number of benzene rings is 1. The van der Waals surface area contributed by atoms with Crippen LogP contribution in [0.4, 0.5) is 0 Å². The van der Waals surface area contributed by atoms with E-state index in [1.54, 1.807) is 5.56 Å². The lowest BCUT2D eigenvalue weighted by Crippen LogP contribution is -2.22. The van der Waals surface area contributed by atoms with Gasteiger partial charge in [-0.25, -0.2) is 0 Å². The minimum absolute atomic E-state index is 0.793. The van der Waals surface area contributed by atoms with Gasteiger partial charge >= 0.3 is 0 Å². The van der Waals surface area contributed by atoms with Crippen LogP contribution < -0.4 is 0 Å². The molecule has 17 heavy (non-hydrogen) atoms. The Bertz CT molecular complexity index is 308. The highest BCUT2D eigenvalue weighted by Gasteiger charge is 2.28. The fraction of sp³-hybridized carbons (Fsp3) is 0.647. The highest BCUT2D eigenvalue weighted by Crippen LogP contribution is 2.41. The largest absolute Gasteiger partial charge is 0.0651 e. The summed E-state index contributed by atoms with van der Waals surface area (Å²) in [7, 11) is 0. The Morgan fingerprint density at radius 2 is 1.71 bits per heavy atom. The lowest BCUT2D eigenvalue weighted by Gasteiger charge is -2.34. The van der Waals surface area contributed by atoms with Gasteiger partial charge in [-0.05, 0) is 36.2 Å². The van der Waals surface area contributed by atoms with E-state index in [-0.39, 0.29) is 0 Å². The second kappa shape index (κ2) is 6.23. The third kappa shape index (κ3) is 3.12. The topological polar surface area (TPSA) is 0 Å². The van der Waals surface area contributed by atoms with Crippen molar-refractivity contribution in [2.24, 2.45) is 11.8 Å². The van der Waals surface area contributed by atoms with Crippen LogP contribution in [0.1, 0.15) is 63.9 Å². The Hall–Kier alpha value is -0.780. The molecule has 0 heteroatoms. The molecular weight excluding hydrogens is 204 g/mol. The standard InChI is InChI=1S/C17H26/c1-3-14(2)17(15-10-6-4-7-11-15)16-12-8-5-9-13-16/h4,6-7,10-11,14,16-17H,3,5,8-9,12-13H2,1-2H3. The van der Waals surface area contributed by atoms with Crippen LogP contribution in [0.25, 0.3) is 0 Å². The van der Waals surface area contributed by atoms with E-state index in [1.807, 2.05) is 0 Å². The van der Waals surface area contributed by atoms with Crippen LogP contribution >= 0.6 is 0 Å². The van der Waals surface area contributed by atoms with Crippen LogP contribution in [0.5, 0.6) is 0 Å². The molecule has 1 aromatic carbocycles. The van der Waals surface area contributed by atoms with E-state index >= 15 is 0 Å². The molecule has 94 valence electrons. The lowest BCUT2D eigenvalue weighted by atomic mass is 9.71. The molecule has 0 aromatic heterocycles. The van der Waals surface area contributed by atoms with Crippen LogP contribution in [-0.2, 0) is 0 Å². The molecular formula is C17H26. The van der Waals surface area contributed by atoms with Gasteiger partial charge in [-0.2, -0.15) is 0 Å². The van der Waals surface area contributed by atoms with Gasteiger partial charge in [0.1, 0.15) is 0 Å². The van der Waals surface area contributed by atoms with Gasteiger partial charge in [0.25, 0.3) is 0 Å². The highest BCUT2D eigenvalue weighted by molar-refractivity contribution is 5.21. The monoisotopic (exact) mass is 230 g/mol. The molecule has 0 aliphatic heterocycles. The second-order valence-corrected chi connectivity index (χ2v) is 5.72. The molecule has 2 unspecified atom stereocenters. The Morgan fingerprint density at radius 1 is 1.06 bits per heavy atom. The van der Waals surface area contributed by atoms with Gasteiger partial charge < -0.3 is 0 Å². The fourth-order valence-electron chi connectivity index (χ4n) is 3.49. The van der Waals surface area contributed by atoms with E-state index in [9.17, 15) is 0 Å². The van der Waals surface area contributed by atoms with E-state index in [4.69, 9.17) is 0 Å². The SMILES string of the molecule is CCC(C)C(c1ccccc1)C1CCCCC1. The van der Waals surface area contributed by atoms with Gasteiger partial charge in [-0.1, -0.05) is 69.9 Å². The minimum Gasteiger partial charge on any atom is -0.0651 e. The van der Waals surface area contributed by atoms with Gasteiger partial charge in [0.15, 0.2) is 0 Å². The summed E-state index contributed by atoms with van der Waals surface area (Å²) in [4.78, 5) is 0. The van der Waals surface area contributed by atoms with Gasteiger partial charge in [-0.3, -0.25) is 0 Å². The van der Waals surface area contributed by atoms with E-state index in [1.165, 1.54) is 38.5 Å². The van der Waals surface area contributed by atoms with E-state index < -0.39 is 0 Å². The summed E-state index contributed by atoms with van der Waals surface area (Å²) in [5, 5.41) is 0. The van der Waals surface area contributed by atoms with Crippen molar-refractivity contribution in [3.05, 3.63) is 35.9 Å². The Morgan fingerprint density at radius 3 is 2.29 bits per heavy atom.